The Bertz CT molecular complexity index is 2320. The van der Waals surface area contributed by atoms with Gasteiger partial charge in [0, 0.05) is 29.4 Å². The number of aromatic nitrogens is 2. The maximum absolute atomic E-state index is 12.9. The summed E-state index contributed by atoms with van der Waals surface area (Å²) < 4.78 is 70.8. The van der Waals surface area contributed by atoms with Crippen LogP contribution in [0.1, 0.15) is 48.8 Å². The number of rotatable bonds is 12. The first-order valence-corrected chi connectivity index (χ1v) is 18.3. The minimum absolute atomic E-state index is 0. The van der Waals surface area contributed by atoms with Crippen molar-refractivity contribution < 1.29 is 98.2 Å². The van der Waals surface area contributed by atoms with Crippen LogP contribution in [0.5, 0.6) is 0 Å². The molecule has 1 radical (unpaired) electrons. The summed E-state index contributed by atoms with van der Waals surface area (Å²) >= 11 is 0. The summed E-state index contributed by atoms with van der Waals surface area (Å²) in [4.78, 5) is 31.0. The Morgan fingerprint density at radius 2 is 0.873 bits per heavy atom. The number of hydrogen-bond acceptors (Lipinski definition) is 9. The monoisotopic (exact) mass is 1020 g/mol. The van der Waals surface area contributed by atoms with Crippen molar-refractivity contribution >= 4 is 29.6 Å². The minimum atomic E-state index is -5.00. The Morgan fingerprint density at radius 3 is 1.24 bits per heavy atom. The van der Waals surface area contributed by atoms with Gasteiger partial charge in [0.05, 0.1) is 24.5 Å². The molecule has 0 saturated heterocycles. The summed E-state index contributed by atoms with van der Waals surface area (Å²) in [5, 5.41) is 39.8. The summed E-state index contributed by atoms with van der Waals surface area (Å²) in [5.74, 6) is -6.47. The maximum Gasteiger partial charge on any atom is 3.00 e. The molecular weight excluding hydrogens is 988 g/mol. The van der Waals surface area contributed by atoms with Gasteiger partial charge in [0.1, 0.15) is 0 Å². The molecule has 0 N–H and O–H groups in total. The second kappa shape index (κ2) is 25.6. The Morgan fingerprint density at radius 1 is 0.508 bits per heavy atom. The average Bonchev–Trinajstić information content (AvgIpc) is 3.27. The molecule has 0 amide bonds. The van der Waals surface area contributed by atoms with E-state index >= 15 is 0 Å². The van der Waals surface area contributed by atoms with Crippen LogP contribution in [0.15, 0.2) is 193 Å². The summed E-state index contributed by atoms with van der Waals surface area (Å²) in [5.41, 5.74) is 4.45. The van der Waals surface area contributed by atoms with Crippen molar-refractivity contribution in [1.82, 2.24) is 15.0 Å². The molecule has 63 heavy (non-hydrogen) atoms. The van der Waals surface area contributed by atoms with E-state index in [2.05, 4.69) is 15.1 Å². The number of halogens is 6. The van der Waals surface area contributed by atoms with Gasteiger partial charge in [-0.1, -0.05) is 140 Å². The molecule has 2 aromatic heterocycles. The van der Waals surface area contributed by atoms with E-state index in [1.165, 1.54) is 48.5 Å². The zero-order chi connectivity index (χ0) is 45.0. The number of benzene rings is 4. The topological polar surface area (TPSA) is 145 Å². The normalized spacial score (nSPS) is 11.9. The third-order valence-electron chi connectivity index (χ3n) is 8.00. The first-order chi connectivity index (χ1) is 29.6. The van der Waals surface area contributed by atoms with Crippen molar-refractivity contribution in [3.63, 3.8) is 0 Å². The standard InChI is InChI=1S/C27H24N4O.2C10H7F3O2.Yb/c32-27(24-16-14-23(15-17-24)13-12-22-8-2-1-3-9-22)30-31(20-25-10-4-6-18-28-25)21-26-11-5-7-19-29-26;2*11-10(12,13)9(15)6-8(14)7-4-2-1-3-5-7;/h1-19H,20-21H2,(H,30,32);2*1-6,15H;/q;;;+3/p-3/b13-12+;2*9-6-;. The summed E-state index contributed by atoms with van der Waals surface area (Å²) in [6, 6.07) is 43.5. The Labute approximate surface area is 397 Å². The zero-order valence-electron chi connectivity index (χ0n) is 32.7. The molecule has 0 unspecified atom stereocenters. The van der Waals surface area contributed by atoms with Crippen LogP contribution < -0.4 is 15.3 Å². The molecule has 0 bridgehead atoms. The molecule has 6 rings (SSSR count). The van der Waals surface area contributed by atoms with Gasteiger partial charge in [-0.3, -0.25) is 24.6 Å². The SMILES string of the molecule is O=C(/C=C(\[O-])C(F)(F)F)c1ccccc1.O=C(/C=C(\[O-])C(F)(F)F)c1ccccc1.[O-]/C(=N\N(Cc1ccccn1)Cc1ccccn1)c1ccc(/C=C/c2ccccc2)cc1.[Yb+3]. The number of carbonyl (C=O) groups excluding carboxylic acids is 2. The van der Waals surface area contributed by atoms with Crippen LogP contribution in [-0.4, -0.2) is 44.8 Å². The van der Waals surface area contributed by atoms with Crippen molar-refractivity contribution in [3.05, 3.63) is 227 Å². The van der Waals surface area contributed by atoms with Crippen molar-refractivity contribution in [1.29, 1.82) is 0 Å². The second-order valence-electron chi connectivity index (χ2n) is 12.7. The number of allylic oxidation sites excluding steroid dienone is 4. The fraction of sp³-hybridized carbons (Fsp3) is 0.0851. The van der Waals surface area contributed by atoms with E-state index in [1.54, 1.807) is 41.7 Å². The third kappa shape index (κ3) is 18.7. The Kier molecular flexibility index (Phi) is 20.7. The minimum Gasteiger partial charge on any atom is -0.869 e. The largest absolute Gasteiger partial charge is 3.00 e. The molecule has 0 fully saturated rings. The maximum atomic E-state index is 12.9. The summed E-state index contributed by atoms with van der Waals surface area (Å²) in [7, 11) is 0. The van der Waals surface area contributed by atoms with Crippen LogP contribution in [0.25, 0.3) is 12.2 Å². The van der Waals surface area contributed by atoms with Crippen LogP contribution in [0.4, 0.5) is 26.3 Å². The van der Waals surface area contributed by atoms with Gasteiger partial charge in [-0.15, -0.1) is 0 Å². The molecule has 329 valence electrons. The number of nitrogens with zero attached hydrogens (tertiary/aromatic N) is 4. The number of carbonyl (C=O) groups is 2. The third-order valence-corrected chi connectivity index (χ3v) is 8.00. The van der Waals surface area contributed by atoms with E-state index in [9.17, 15) is 51.3 Å². The van der Waals surface area contributed by atoms with E-state index in [1.807, 2.05) is 91.0 Å². The smallest absolute Gasteiger partial charge is 0.869 e. The Hall–Kier alpha value is -6.29. The number of pyridine rings is 2. The van der Waals surface area contributed by atoms with Crippen molar-refractivity contribution in [2.24, 2.45) is 5.10 Å². The van der Waals surface area contributed by atoms with E-state index in [-0.39, 0.29) is 76.1 Å². The van der Waals surface area contributed by atoms with Crippen molar-refractivity contribution in [2.45, 2.75) is 25.4 Å². The fourth-order valence-corrected chi connectivity index (χ4v) is 4.94. The van der Waals surface area contributed by atoms with Gasteiger partial charge >= 0.3 is 59.3 Å². The van der Waals surface area contributed by atoms with E-state index in [0.29, 0.717) is 18.7 Å². The zero-order valence-corrected chi connectivity index (χ0v) is 34.4. The van der Waals surface area contributed by atoms with Crippen molar-refractivity contribution in [2.75, 3.05) is 0 Å². The first kappa shape index (κ1) is 51.1. The molecular formula is C47H35F6N4O5Yb. The summed E-state index contributed by atoms with van der Waals surface area (Å²) in [6.45, 7) is 0.835. The molecule has 4 aromatic carbocycles. The molecule has 0 aliphatic rings. The van der Waals surface area contributed by atoms with Crippen LogP contribution >= 0.6 is 0 Å². The Balaban J connectivity index is 0.000000285. The molecule has 2 heterocycles. The quantitative estimate of drug-likeness (QED) is 0.0177. The molecule has 6 aromatic rings. The average molecular weight is 1020 g/mol. The second-order valence-corrected chi connectivity index (χ2v) is 12.7. The first-order valence-electron chi connectivity index (χ1n) is 18.3. The van der Waals surface area contributed by atoms with Gasteiger partial charge in [-0.2, -0.15) is 31.4 Å². The fourth-order valence-electron chi connectivity index (χ4n) is 4.94. The number of hydrazone groups is 1. The number of alkyl halides is 6. The van der Waals surface area contributed by atoms with E-state index < -0.39 is 35.4 Å². The van der Waals surface area contributed by atoms with E-state index in [4.69, 9.17) is 0 Å². The molecule has 0 aliphatic heterocycles. The van der Waals surface area contributed by atoms with Crippen LogP contribution in [0.3, 0.4) is 0 Å². The van der Waals surface area contributed by atoms with Gasteiger partial charge in [-0.25, -0.2) is 0 Å². The molecule has 0 atom stereocenters. The number of ketones is 2. The van der Waals surface area contributed by atoms with Gasteiger partial charge in [0.15, 0.2) is 11.6 Å². The van der Waals surface area contributed by atoms with Crippen LogP contribution in [-0.2, 0) is 13.1 Å². The molecule has 16 heteroatoms. The van der Waals surface area contributed by atoms with Gasteiger partial charge in [0.2, 0.25) is 0 Å². The molecule has 9 nitrogen and oxygen atoms in total. The van der Waals surface area contributed by atoms with Gasteiger partial charge in [-0.05, 0) is 64.6 Å². The number of hydrogen-bond donors (Lipinski definition) is 0. The predicted octanol–water partition coefficient (Wildman–Crippen LogP) is 7.72. The van der Waals surface area contributed by atoms with Gasteiger partial charge < -0.3 is 15.3 Å². The summed E-state index contributed by atoms with van der Waals surface area (Å²) in [6.07, 6.45) is -2.35. The van der Waals surface area contributed by atoms with Gasteiger partial charge in [0.25, 0.3) is 0 Å². The van der Waals surface area contributed by atoms with Crippen molar-refractivity contribution in [3.8, 4) is 0 Å². The van der Waals surface area contributed by atoms with Crippen LogP contribution in [0.2, 0.25) is 0 Å². The molecule has 0 saturated carbocycles. The van der Waals surface area contributed by atoms with E-state index in [0.717, 1.165) is 22.5 Å². The van der Waals surface area contributed by atoms with Crippen LogP contribution in [0, 0.1) is 46.9 Å². The molecule has 0 spiro atoms. The molecule has 0 aliphatic carbocycles. The predicted molar refractivity (Wildman–Crippen MR) is 216 cm³/mol.